The minimum atomic E-state index is -0.202. The number of carbonyl (C=O) groups is 3. The third kappa shape index (κ3) is 17.3. The number of unbranched alkanes of at least 4 members (excludes halogenated alkanes) is 2. The summed E-state index contributed by atoms with van der Waals surface area (Å²) in [5.74, 6) is -0.0396. The van der Waals surface area contributed by atoms with Gasteiger partial charge in [-0.25, -0.2) is 0 Å². The standard InChI is InChI=1S/C32H59N6O3/c1-36(2,25-14-21-35-32(41)30-17-10-9-16-29(30)28-39)22-11-7-8-18-31(40)34-20-13-24-38(5,6)27-15-26-37(3,4)23-12-19-33/h9-10,16-17,28H,7-8,11-15,18-27,33H2,1-6H3/q+1/p+2. The van der Waals surface area contributed by atoms with Crippen molar-refractivity contribution in [2.75, 3.05) is 101 Å². The Morgan fingerprint density at radius 3 is 1.78 bits per heavy atom. The Morgan fingerprint density at radius 2 is 1.20 bits per heavy atom. The minimum absolute atomic E-state index is 0.162. The van der Waals surface area contributed by atoms with E-state index in [9.17, 15) is 14.4 Å². The number of benzene rings is 1. The highest BCUT2D eigenvalue weighted by atomic mass is 16.2. The van der Waals surface area contributed by atoms with E-state index in [2.05, 4.69) is 52.9 Å². The van der Waals surface area contributed by atoms with E-state index in [1.165, 1.54) is 13.0 Å². The van der Waals surface area contributed by atoms with E-state index in [-0.39, 0.29) is 11.8 Å². The van der Waals surface area contributed by atoms with Crippen LogP contribution in [0.25, 0.3) is 0 Å². The van der Waals surface area contributed by atoms with Gasteiger partial charge in [-0.1, -0.05) is 18.2 Å². The molecule has 0 saturated carbocycles. The smallest absolute Gasteiger partial charge is 0.252 e. The molecule has 9 heteroatoms. The Bertz CT molecular complexity index is 916. The lowest BCUT2D eigenvalue weighted by molar-refractivity contribution is -0.909. The predicted molar refractivity (Wildman–Crippen MR) is 169 cm³/mol. The van der Waals surface area contributed by atoms with E-state index >= 15 is 0 Å². The summed E-state index contributed by atoms with van der Waals surface area (Å²) in [6.07, 6.45) is 8.48. The van der Waals surface area contributed by atoms with Crippen LogP contribution in [0.15, 0.2) is 24.3 Å². The average Bonchev–Trinajstić information content (AvgIpc) is 2.91. The largest absolute Gasteiger partial charge is 0.356 e. The van der Waals surface area contributed by atoms with Gasteiger partial charge in [0, 0.05) is 56.3 Å². The molecule has 1 aromatic carbocycles. The number of nitrogens with two attached hydrogens (primary N) is 1. The summed E-state index contributed by atoms with van der Waals surface area (Å²) in [6, 6.07) is 6.85. The highest BCUT2D eigenvalue weighted by Gasteiger charge is 2.20. The molecular weight excluding hydrogens is 516 g/mol. The van der Waals surface area contributed by atoms with Gasteiger partial charge in [-0.2, -0.15) is 0 Å². The number of aldehydes is 1. The zero-order valence-corrected chi connectivity index (χ0v) is 27.1. The number of nitrogens with zero attached hydrogens (tertiary/aromatic N) is 3. The lowest BCUT2D eigenvalue weighted by Gasteiger charge is -2.33. The topological polar surface area (TPSA) is 101 Å². The molecule has 9 nitrogen and oxygen atoms in total. The van der Waals surface area contributed by atoms with Crippen molar-refractivity contribution in [2.24, 2.45) is 5.73 Å². The Balaban J connectivity index is 2.11. The van der Waals surface area contributed by atoms with Crippen LogP contribution in [0, 0.1) is 0 Å². The SMILES string of the molecule is C[N+](C)(CCCCCC(=O)NCCC[N+](C)(C)CCC[N+](C)(C)CCCN)CCCNC(=O)c1ccccc1C=O. The van der Waals surface area contributed by atoms with E-state index in [0.717, 1.165) is 97.8 Å². The van der Waals surface area contributed by atoms with Crippen molar-refractivity contribution in [1.29, 1.82) is 0 Å². The summed E-state index contributed by atoms with van der Waals surface area (Å²) in [7, 11) is 13.6. The first-order valence-corrected chi connectivity index (χ1v) is 15.6. The number of nitrogens with one attached hydrogen (secondary N) is 2. The fourth-order valence-corrected chi connectivity index (χ4v) is 5.22. The molecule has 0 spiro atoms. The first-order valence-electron chi connectivity index (χ1n) is 15.6. The Morgan fingerprint density at radius 1 is 0.683 bits per heavy atom. The van der Waals surface area contributed by atoms with E-state index in [1.54, 1.807) is 24.3 Å². The summed E-state index contributed by atoms with van der Waals surface area (Å²) >= 11 is 0. The molecule has 41 heavy (non-hydrogen) atoms. The number of hydrogen-bond acceptors (Lipinski definition) is 4. The third-order valence-electron chi connectivity index (χ3n) is 7.98. The van der Waals surface area contributed by atoms with Gasteiger partial charge in [0.25, 0.3) is 5.91 Å². The van der Waals surface area contributed by atoms with Gasteiger partial charge in [-0.15, -0.1) is 0 Å². The Labute approximate surface area is 250 Å². The molecule has 0 saturated heterocycles. The molecule has 0 radical (unpaired) electrons. The van der Waals surface area contributed by atoms with Crippen LogP contribution in [0.3, 0.4) is 0 Å². The number of quaternary nitrogens is 3. The normalized spacial score (nSPS) is 12.3. The van der Waals surface area contributed by atoms with Crippen LogP contribution in [-0.2, 0) is 4.79 Å². The van der Waals surface area contributed by atoms with Crippen LogP contribution in [-0.4, -0.2) is 133 Å². The first kappa shape index (κ1) is 36.7. The maximum Gasteiger partial charge on any atom is 0.252 e. The third-order valence-corrected chi connectivity index (χ3v) is 7.98. The van der Waals surface area contributed by atoms with Crippen molar-refractivity contribution < 1.29 is 27.8 Å². The fraction of sp³-hybridized carbons (Fsp3) is 0.719. The molecule has 0 aliphatic heterocycles. The van der Waals surface area contributed by atoms with Crippen molar-refractivity contribution >= 4 is 18.1 Å². The van der Waals surface area contributed by atoms with Crippen molar-refractivity contribution in [2.45, 2.75) is 51.4 Å². The highest BCUT2D eigenvalue weighted by molar-refractivity contribution is 6.01. The Hall–Kier alpha value is -2.33. The van der Waals surface area contributed by atoms with E-state index in [1.807, 2.05) is 0 Å². The average molecular weight is 578 g/mol. The molecule has 4 N–H and O–H groups in total. The molecule has 0 fully saturated rings. The second-order valence-corrected chi connectivity index (χ2v) is 13.5. The molecule has 0 heterocycles. The number of amides is 2. The van der Waals surface area contributed by atoms with Crippen LogP contribution < -0.4 is 16.4 Å². The van der Waals surface area contributed by atoms with Gasteiger partial charge < -0.3 is 29.8 Å². The zero-order chi connectivity index (χ0) is 30.8. The molecule has 0 bridgehead atoms. The van der Waals surface area contributed by atoms with Crippen LogP contribution >= 0.6 is 0 Å². The molecule has 0 atom stereocenters. The van der Waals surface area contributed by atoms with Crippen molar-refractivity contribution in [1.82, 2.24) is 10.6 Å². The first-order chi connectivity index (χ1) is 19.3. The maximum absolute atomic E-state index is 12.4. The van der Waals surface area contributed by atoms with Crippen LogP contribution in [0.4, 0.5) is 0 Å². The van der Waals surface area contributed by atoms with Gasteiger partial charge >= 0.3 is 0 Å². The van der Waals surface area contributed by atoms with Gasteiger partial charge in [0.2, 0.25) is 5.91 Å². The number of carbonyl (C=O) groups excluding carboxylic acids is 3. The van der Waals surface area contributed by atoms with E-state index in [4.69, 9.17) is 5.73 Å². The van der Waals surface area contributed by atoms with Gasteiger partial charge in [0.05, 0.1) is 81.6 Å². The molecule has 234 valence electrons. The van der Waals surface area contributed by atoms with Gasteiger partial charge in [0.15, 0.2) is 6.29 Å². The van der Waals surface area contributed by atoms with Crippen LogP contribution in [0.1, 0.15) is 72.1 Å². The second kappa shape index (κ2) is 19.0. The molecular formula is C32H61N6O3+3. The molecule has 0 aliphatic rings. The maximum atomic E-state index is 12.4. The monoisotopic (exact) mass is 577 g/mol. The summed E-state index contributed by atoms with van der Waals surface area (Å²) in [6.45, 7) is 8.61. The predicted octanol–water partition coefficient (Wildman–Crippen LogP) is 2.65. The van der Waals surface area contributed by atoms with Crippen LogP contribution in [0.5, 0.6) is 0 Å². The molecule has 1 rings (SSSR count). The summed E-state index contributed by atoms with van der Waals surface area (Å²) in [4.78, 5) is 35.8. The van der Waals surface area contributed by atoms with Gasteiger partial charge in [-0.05, 0) is 31.9 Å². The Kier molecular flexibility index (Phi) is 17.0. The zero-order valence-electron chi connectivity index (χ0n) is 27.1. The molecule has 2 amide bonds. The molecule has 0 aromatic heterocycles. The van der Waals surface area contributed by atoms with Crippen molar-refractivity contribution in [3.05, 3.63) is 35.4 Å². The lowest BCUT2D eigenvalue weighted by atomic mass is 10.1. The van der Waals surface area contributed by atoms with Gasteiger partial charge in [-0.3, -0.25) is 14.4 Å². The summed E-state index contributed by atoms with van der Waals surface area (Å²) in [5, 5.41) is 6.03. The highest BCUT2D eigenvalue weighted by Crippen LogP contribution is 2.09. The minimum Gasteiger partial charge on any atom is -0.356 e. The van der Waals surface area contributed by atoms with Crippen molar-refractivity contribution in [3.8, 4) is 0 Å². The van der Waals surface area contributed by atoms with E-state index < -0.39 is 0 Å². The number of hydrogen-bond donors (Lipinski definition) is 3. The second-order valence-electron chi connectivity index (χ2n) is 13.5. The summed E-state index contributed by atoms with van der Waals surface area (Å²) in [5.41, 5.74) is 6.50. The quantitative estimate of drug-likeness (QED) is 0.106. The van der Waals surface area contributed by atoms with E-state index in [0.29, 0.717) is 30.4 Å². The summed E-state index contributed by atoms with van der Waals surface area (Å²) < 4.78 is 2.90. The lowest BCUT2D eigenvalue weighted by Crippen LogP contribution is -2.46. The van der Waals surface area contributed by atoms with Crippen molar-refractivity contribution in [3.63, 3.8) is 0 Å². The number of rotatable bonds is 23. The molecule has 1 aromatic rings. The van der Waals surface area contributed by atoms with Crippen LogP contribution in [0.2, 0.25) is 0 Å². The fourth-order valence-electron chi connectivity index (χ4n) is 5.22. The van der Waals surface area contributed by atoms with Gasteiger partial charge in [0.1, 0.15) is 0 Å². The molecule has 0 aliphatic carbocycles. The molecule has 0 unspecified atom stereocenters.